The van der Waals surface area contributed by atoms with Crippen LogP contribution in [0.5, 0.6) is 5.75 Å². The number of halogens is 1. The molecule has 2 nitrogen and oxygen atoms in total. The van der Waals surface area contributed by atoms with Crippen LogP contribution < -0.4 is 10.5 Å². The smallest absolute Gasteiger partial charge is 0.167 e. The standard InChI is InChI=1S/C15H16FNO/c1-10-5-3-4-6-12(10)9-18-15-7-11(2)14(17)8-13(15)16/h3-8H,9,17H2,1-2H3. The fourth-order valence-corrected chi connectivity index (χ4v) is 1.71. The summed E-state index contributed by atoms with van der Waals surface area (Å²) in [4.78, 5) is 0. The number of nitrogen functional groups attached to an aromatic ring is 1. The Kier molecular flexibility index (Phi) is 3.51. The molecule has 0 amide bonds. The van der Waals surface area contributed by atoms with E-state index in [4.69, 9.17) is 10.5 Å². The Morgan fingerprint density at radius 3 is 2.56 bits per heavy atom. The van der Waals surface area contributed by atoms with Crippen molar-refractivity contribution < 1.29 is 9.13 Å². The summed E-state index contributed by atoms with van der Waals surface area (Å²) in [5.74, 6) is -0.184. The van der Waals surface area contributed by atoms with Crippen LogP contribution in [0.4, 0.5) is 10.1 Å². The van der Waals surface area contributed by atoms with E-state index in [1.165, 1.54) is 6.07 Å². The highest BCUT2D eigenvalue weighted by molar-refractivity contribution is 5.50. The SMILES string of the molecule is Cc1cc(OCc2ccccc2C)c(F)cc1N. The van der Waals surface area contributed by atoms with Crippen LogP contribution in [-0.2, 0) is 6.61 Å². The van der Waals surface area contributed by atoms with Gasteiger partial charge < -0.3 is 10.5 Å². The molecule has 0 aliphatic heterocycles. The summed E-state index contributed by atoms with van der Waals surface area (Å²) >= 11 is 0. The minimum atomic E-state index is -0.424. The highest BCUT2D eigenvalue weighted by Gasteiger charge is 2.07. The van der Waals surface area contributed by atoms with Crippen LogP contribution in [0.15, 0.2) is 36.4 Å². The molecule has 0 spiro atoms. The van der Waals surface area contributed by atoms with Crippen molar-refractivity contribution >= 4 is 5.69 Å². The maximum atomic E-state index is 13.6. The van der Waals surface area contributed by atoms with Crippen molar-refractivity contribution in [3.63, 3.8) is 0 Å². The molecule has 2 aromatic rings. The Morgan fingerprint density at radius 1 is 1.11 bits per heavy atom. The Hall–Kier alpha value is -2.03. The summed E-state index contributed by atoms with van der Waals surface area (Å²) in [6, 6.07) is 10.8. The van der Waals surface area contributed by atoms with Gasteiger partial charge in [0.25, 0.3) is 0 Å². The minimum absolute atomic E-state index is 0.241. The molecule has 18 heavy (non-hydrogen) atoms. The molecule has 0 fully saturated rings. The lowest BCUT2D eigenvalue weighted by Gasteiger charge is -2.11. The molecule has 0 aromatic heterocycles. The normalized spacial score (nSPS) is 10.4. The third-order valence-corrected chi connectivity index (χ3v) is 2.96. The molecule has 0 aliphatic rings. The van der Waals surface area contributed by atoms with Crippen LogP contribution in [0, 0.1) is 19.7 Å². The molecule has 0 atom stereocenters. The predicted octanol–water partition coefficient (Wildman–Crippen LogP) is 3.60. The van der Waals surface area contributed by atoms with Gasteiger partial charge in [-0.05, 0) is 36.6 Å². The van der Waals surface area contributed by atoms with Gasteiger partial charge in [-0.2, -0.15) is 0 Å². The molecule has 2 aromatic carbocycles. The summed E-state index contributed by atoms with van der Waals surface area (Å²) in [6.07, 6.45) is 0. The van der Waals surface area contributed by atoms with E-state index in [2.05, 4.69) is 0 Å². The fourth-order valence-electron chi connectivity index (χ4n) is 1.71. The first kappa shape index (κ1) is 12.4. The third kappa shape index (κ3) is 2.62. The second kappa shape index (κ2) is 5.08. The lowest BCUT2D eigenvalue weighted by Crippen LogP contribution is -2.01. The first-order chi connectivity index (χ1) is 8.58. The monoisotopic (exact) mass is 245 g/mol. The topological polar surface area (TPSA) is 35.2 Å². The minimum Gasteiger partial charge on any atom is -0.486 e. The number of ether oxygens (including phenoxy) is 1. The summed E-state index contributed by atoms with van der Waals surface area (Å²) < 4.78 is 19.1. The molecule has 2 N–H and O–H groups in total. The molecule has 0 aliphatic carbocycles. The van der Waals surface area contributed by atoms with Crippen molar-refractivity contribution in [1.82, 2.24) is 0 Å². The van der Waals surface area contributed by atoms with Gasteiger partial charge in [0.05, 0.1) is 0 Å². The zero-order chi connectivity index (χ0) is 13.1. The summed E-state index contributed by atoms with van der Waals surface area (Å²) in [7, 11) is 0. The largest absolute Gasteiger partial charge is 0.486 e. The first-order valence-corrected chi connectivity index (χ1v) is 5.81. The number of nitrogens with two attached hydrogens (primary N) is 1. The van der Waals surface area contributed by atoms with E-state index in [-0.39, 0.29) is 5.75 Å². The van der Waals surface area contributed by atoms with Gasteiger partial charge in [-0.3, -0.25) is 0 Å². The van der Waals surface area contributed by atoms with Crippen molar-refractivity contribution in [3.8, 4) is 5.75 Å². The molecular formula is C15H16FNO. The summed E-state index contributed by atoms with van der Waals surface area (Å²) in [5.41, 5.74) is 9.06. The van der Waals surface area contributed by atoms with E-state index < -0.39 is 5.82 Å². The second-order valence-corrected chi connectivity index (χ2v) is 4.35. The quantitative estimate of drug-likeness (QED) is 0.838. The van der Waals surface area contributed by atoms with Crippen LogP contribution in [-0.4, -0.2) is 0 Å². The number of benzene rings is 2. The number of aryl methyl sites for hydroxylation is 2. The zero-order valence-electron chi connectivity index (χ0n) is 10.5. The third-order valence-electron chi connectivity index (χ3n) is 2.96. The molecule has 0 saturated heterocycles. The van der Waals surface area contributed by atoms with Crippen LogP contribution in [0.2, 0.25) is 0 Å². The van der Waals surface area contributed by atoms with Crippen molar-refractivity contribution in [2.75, 3.05) is 5.73 Å². The van der Waals surface area contributed by atoms with Crippen LogP contribution in [0.3, 0.4) is 0 Å². The Labute approximate surface area is 106 Å². The van der Waals surface area contributed by atoms with E-state index in [9.17, 15) is 4.39 Å². The van der Waals surface area contributed by atoms with Gasteiger partial charge in [0.15, 0.2) is 11.6 Å². The zero-order valence-corrected chi connectivity index (χ0v) is 10.5. The Morgan fingerprint density at radius 2 is 1.83 bits per heavy atom. The van der Waals surface area contributed by atoms with Crippen molar-refractivity contribution in [2.45, 2.75) is 20.5 Å². The van der Waals surface area contributed by atoms with Crippen molar-refractivity contribution in [1.29, 1.82) is 0 Å². The average Bonchev–Trinajstić information content (AvgIpc) is 2.34. The predicted molar refractivity (Wildman–Crippen MR) is 71.1 cm³/mol. The maximum Gasteiger partial charge on any atom is 0.167 e. The highest BCUT2D eigenvalue weighted by Crippen LogP contribution is 2.24. The Bertz CT molecular complexity index is 566. The number of anilines is 1. The van der Waals surface area contributed by atoms with E-state index in [0.29, 0.717) is 12.3 Å². The van der Waals surface area contributed by atoms with E-state index in [1.54, 1.807) is 6.07 Å². The van der Waals surface area contributed by atoms with Gasteiger partial charge >= 0.3 is 0 Å². The van der Waals surface area contributed by atoms with Crippen LogP contribution in [0.25, 0.3) is 0 Å². The van der Waals surface area contributed by atoms with Crippen LogP contribution >= 0.6 is 0 Å². The molecule has 2 rings (SSSR count). The summed E-state index contributed by atoms with van der Waals surface area (Å²) in [5, 5.41) is 0. The van der Waals surface area contributed by atoms with Gasteiger partial charge in [-0.25, -0.2) is 4.39 Å². The molecule has 0 heterocycles. The van der Waals surface area contributed by atoms with E-state index >= 15 is 0 Å². The second-order valence-electron chi connectivity index (χ2n) is 4.35. The average molecular weight is 245 g/mol. The molecule has 0 radical (unpaired) electrons. The van der Waals surface area contributed by atoms with Gasteiger partial charge in [0.1, 0.15) is 6.61 Å². The summed E-state index contributed by atoms with van der Waals surface area (Å²) in [6.45, 7) is 4.19. The Balaban J connectivity index is 2.16. The van der Waals surface area contributed by atoms with Gasteiger partial charge in [0.2, 0.25) is 0 Å². The maximum absolute atomic E-state index is 13.6. The van der Waals surface area contributed by atoms with Crippen molar-refractivity contribution in [2.24, 2.45) is 0 Å². The van der Waals surface area contributed by atoms with E-state index in [0.717, 1.165) is 16.7 Å². The van der Waals surface area contributed by atoms with Gasteiger partial charge in [-0.1, -0.05) is 24.3 Å². The molecular weight excluding hydrogens is 229 g/mol. The van der Waals surface area contributed by atoms with Gasteiger partial charge in [0, 0.05) is 11.8 Å². The molecule has 94 valence electrons. The molecule has 0 unspecified atom stereocenters. The van der Waals surface area contributed by atoms with Crippen LogP contribution in [0.1, 0.15) is 16.7 Å². The number of rotatable bonds is 3. The lowest BCUT2D eigenvalue weighted by atomic mass is 10.1. The molecule has 3 heteroatoms. The van der Waals surface area contributed by atoms with E-state index in [1.807, 2.05) is 38.1 Å². The number of hydrogen-bond donors (Lipinski definition) is 1. The van der Waals surface area contributed by atoms with Gasteiger partial charge in [-0.15, -0.1) is 0 Å². The molecule has 0 bridgehead atoms. The highest BCUT2D eigenvalue weighted by atomic mass is 19.1. The van der Waals surface area contributed by atoms with Crippen molar-refractivity contribution in [3.05, 3.63) is 58.9 Å². The first-order valence-electron chi connectivity index (χ1n) is 5.81. The lowest BCUT2D eigenvalue weighted by molar-refractivity contribution is 0.289. The fraction of sp³-hybridized carbons (Fsp3) is 0.200. The molecule has 0 saturated carbocycles. The number of hydrogen-bond acceptors (Lipinski definition) is 2.